The lowest BCUT2D eigenvalue weighted by Gasteiger charge is -2.41. The zero-order valence-corrected chi connectivity index (χ0v) is 16.8. The minimum Gasteiger partial charge on any atom is -0.507 e. The van der Waals surface area contributed by atoms with Gasteiger partial charge in [-0.2, -0.15) is 0 Å². The van der Waals surface area contributed by atoms with Crippen LogP contribution in [-0.2, 0) is 9.53 Å². The van der Waals surface area contributed by atoms with Crippen LogP contribution in [0, 0.1) is 0 Å². The Kier molecular flexibility index (Phi) is 4.81. The van der Waals surface area contributed by atoms with E-state index in [2.05, 4.69) is 0 Å². The highest BCUT2D eigenvalue weighted by molar-refractivity contribution is 6.07. The molecule has 2 heterocycles. The van der Waals surface area contributed by atoms with Crippen molar-refractivity contribution in [2.75, 3.05) is 21.3 Å². The Balaban J connectivity index is 1.90. The average Bonchev–Trinajstić information content (AvgIpc) is 2.72. The van der Waals surface area contributed by atoms with Gasteiger partial charge in [0.2, 0.25) is 0 Å². The second-order valence-electron chi connectivity index (χ2n) is 6.78. The molecular formula is C21H20O9. The lowest BCUT2D eigenvalue weighted by molar-refractivity contribution is -0.179. The number of methoxy groups -OCH3 is 3. The molecule has 0 saturated heterocycles. The van der Waals surface area contributed by atoms with E-state index in [0.717, 1.165) is 0 Å². The van der Waals surface area contributed by atoms with Crippen LogP contribution in [0.5, 0.6) is 34.5 Å². The second-order valence-corrected chi connectivity index (χ2v) is 6.78. The molecule has 2 aromatic carbocycles. The molecule has 2 aromatic rings. The zero-order chi connectivity index (χ0) is 21.6. The van der Waals surface area contributed by atoms with Crippen LogP contribution in [0.25, 0.3) is 0 Å². The van der Waals surface area contributed by atoms with Crippen LogP contribution >= 0.6 is 0 Å². The summed E-state index contributed by atoms with van der Waals surface area (Å²) in [6.45, 7) is 1.23. The van der Waals surface area contributed by atoms with Gasteiger partial charge in [0.1, 0.15) is 28.6 Å². The van der Waals surface area contributed by atoms with Gasteiger partial charge in [-0.3, -0.25) is 9.59 Å². The van der Waals surface area contributed by atoms with Gasteiger partial charge in [-0.15, -0.1) is 0 Å². The smallest absolute Gasteiger partial charge is 0.305 e. The van der Waals surface area contributed by atoms with Crippen molar-refractivity contribution >= 4 is 11.8 Å². The Morgan fingerprint density at radius 2 is 1.67 bits per heavy atom. The predicted octanol–water partition coefficient (Wildman–Crippen LogP) is 2.43. The summed E-state index contributed by atoms with van der Waals surface area (Å²) in [7, 11) is 4.37. The number of carbonyl (C=O) groups excluding carboxylic acids is 2. The first-order chi connectivity index (χ1) is 14.4. The Hall–Kier alpha value is -3.62. The van der Waals surface area contributed by atoms with Crippen LogP contribution in [0.15, 0.2) is 24.3 Å². The molecular weight excluding hydrogens is 396 g/mol. The van der Waals surface area contributed by atoms with Crippen molar-refractivity contribution in [2.24, 2.45) is 0 Å². The lowest BCUT2D eigenvalue weighted by Crippen LogP contribution is -2.51. The number of ketones is 1. The van der Waals surface area contributed by atoms with E-state index in [4.69, 9.17) is 28.4 Å². The Bertz CT molecular complexity index is 1030. The molecule has 0 fully saturated rings. The molecule has 9 heteroatoms. The van der Waals surface area contributed by atoms with Crippen molar-refractivity contribution in [3.05, 3.63) is 35.4 Å². The molecule has 0 aliphatic carbocycles. The van der Waals surface area contributed by atoms with Crippen LogP contribution < -0.4 is 23.7 Å². The van der Waals surface area contributed by atoms with Crippen LogP contribution in [0.3, 0.4) is 0 Å². The predicted molar refractivity (Wildman–Crippen MR) is 102 cm³/mol. The largest absolute Gasteiger partial charge is 0.507 e. The normalized spacial score (nSPS) is 21.2. The van der Waals surface area contributed by atoms with E-state index in [1.165, 1.54) is 40.4 Å². The number of rotatable bonds is 4. The molecule has 158 valence electrons. The Morgan fingerprint density at radius 3 is 2.30 bits per heavy atom. The van der Waals surface area contributed by atoms with Crippen LogP contribution in [0.4, 0.5) is 0 Å². The van der Waals surface area contributed by atoms with Crippen LogP contribution in [0.1, 0.15) is 28.8 Å². The summed E-state index contributed by atoms with van der Waals surface area (Å²) in [4.78, 5) is 25.1. The monoisotopic (exact) mass is 416 g/mol. The molecule has 0 bridgehead atoms. The summed E-state index contributed by atoms with van der Waals surface area (Å²) in [5.41, 5.74) is 0.480. The molecule has 0 radical (unpaired) electrons. The first kappa shape index (κ1) is 19.7. The van der Waals surface area contributed by atoms with Crippen molar-refractivity contribution in [3.8, 4) is 34.5 Å². The van der Waals surface area contributed by atoms with E-state index < -0.39 is 30.1 Å². The van der Waals surface area contributed by atoms with Gasteiger partial charge in [0.05, 0.1) is 27.2 Å². The quantitative estimate of drug-likeness (QED) is 0.752. The summed E-state index contributed by atoms with van der Waals surface area (Å²) in [6.07, 6.45) is -2.17. The molecule has 2 aliphatic heterocycles. The van der Waals surface area contributed by atoms with Crippen molar-refractivity contribution in [2.45, 2.75) is 25.2 Å². The standard InChI is InChI=1S/C21H20O9/c1-9(22)28-21-20-17(11-7-14(26-3)15(27-4)8-13(11)30-21)19(24)18-12(23)5-10(25-2)6-16(18)29-20/h5-8,17,20-21,23H,1-4H3/t17-,20+,21-/m1/s1. The fourth-order valence-corrected chi connectivity index (χ4v) is 3.75. The maximum Gasteiger partial charge on any atom is 0.305 e. The van der Waals surface area contributed by atoms with Gasteiger partial charge in [0.15, 0.2) is 23.4 Å². The molecule has 30 heavy (non-hydrogen) atoms. The maximum absolute atomic E-state index is 13.5. The summed E-state index contributed by atoms with van der Waals surface area (Å²) in [5.74, 6) is -0.708. The number of aromatic hydroxyl groups is 1. The number of fused-ring (bicyclic) bond motifs is 4. The van der Waals surface area contributed by atoms with Crippen LogP contribution in [-0.4, -0.2) is 50.6 Å². The number of phenols is 1. The van der Waals surface area contributed by atoms with E-state index >= 15 is 0 Å². The van der Waals surface area contributed by atoms with E-state index in [9.17, 15) is 14.7 Å². The van der Waals surface area contributed by atoms with E-state index in [1.807, 2.05) is 0 Å². The number of Topliss-reactive ketones (excluding diaryl/α,β-unsaturated/α-hetero) is 1. The molecule has 2 aliphatic rings. The van der Waals surface area contributed by atoms with Crippen molar-refractivity contribution in [1.29, 1.82) is 0 Å². The number of ether oxygens (including phenoxy) is 6. The minimum absolute atomic E-state index is 0.0151. The number of carbonyl (C=O) groups is 2. The van der Waals surface area contributed by atoms with E-state index in [0.29, 0.717) is 22.8 Å². The summed E-state index contributed by atoms with van der Waals surface area (Å²) in [6, 6.07) is 5.98. The molecule has 0 spiro atoms. The topological polar surface area (TPSA) is 110 Å². The highest BCUT2D eigenvalue weighted by Crippen LogP contribution is 2.50. The average molecular weight is 416 g/mol. The highest BCUT2D eigenvalue weighted by atomic mass is 16.7. The summed E-state index contributed by atoms with van der Waals surface area (Å²) >= 11 is 0. The fourth-order valence-electron chi connectivity index (χ4n) is 3.75. The van der Waals surface area contributed by atoms with E-state index in [-0.39, 0.29) is 22.8 Å². The third kappa shape index (κ3) is 3.02. The maximum atomic E-state index is 13.5. The first-order valence-corrected chi connectivity index (χ1v) is 9.09. The molecule has 9 nitrogen and oxygen atoms in total. The van der Waals surface area contributed by atoms with Crippen LogP contribution in [0.2, 0.25) is 0 Å². The number of benzene rings is 2. The van der Waals surface area contributed by atoms with Crippen molar-refractivity contribution in [1.82, 2.24) is 0 Å². The number of hydrogen-bond donors (Lipinski definition) is 1. The number of esters is 1. The SMILES string of the molecule is COc1cc(O)c2c(c1)O[C@@H]1[C@H](OC(C)=O)Oc3cc(OC)c(OC)cc3[C@@H]1C2=O. The highest BCUT2D eigenvalue weighted by Gasteiger charge is 2.51. The van der Waals surface area contributed by atoms with Gasteiger partial charge in [-0.1, -0.05) is 0 Å². The summed E-state index contributed by atoms with van der Waals surface area (Å²) < 4.78 is 32.9. The molecule has 0 unspecified atom stereocenters. The number of hydrogen-bond acceptors (Lipinski definition) is 9. The van der Waals surface area contributed by atoms with Gasteiger partial charge in [0, 0.05) is 30.7 Å². The van der Waals surface area contributed by atoms with E-state index in [1.54, 1.807) is 12.1 Å². The molecule has 3 atom stereocenters. The van der Waals surface area contributed by atoms with Gasteiger partial charge >= 0.3 is 5.97 Å². The molecule has 1 N–H and O–H groups in total. The summed E-state index contributed by atoms with van der Waals surface area (Å²) in [5, 5.41) is 10.4. The minimum atomic E-state index is -1.19. The lowest BCUT2D eigenvalue weighted by atomic mass is 9.81. The van der Waals surface area contributed by atoms with Gasteiger partial charge in [-0.25, -0.2) is 0 Å². The first-order valence-electron chi connectivity index (χ1n) is 9.09. The second kappa shape index (κ2) is 7.33. The fraction of sp³-hybridized carbons (Fsp3) is 0.333. The Morgan fingerprint density at radius 1 is 0.967 bits per heavy atom. The van der Waals surface area contributed by atoms with Crippen molar-refractivity contribution in [3.63, 3.8) is 0 Å². The molecule has 0 amide bonds. The Labute approximate surface area is 172 Å². The molecule has 4 rings (SSSR count). The number of phenolic OH excluding ortho intramolecular Hbond substituents is 1. The zero-order valence-electron chi connectivity index (χ0n) is 16.8. The third-order valence-electron chi connectivity index (χ3n) is 5.06. The van der Waals surface area contributed by atoms with Gasteiger partial charge < -0.3 is 33.5 Å². The third-order valence-corrected chi connectivity index (χ3v) is 5.06. The molecule has 0 aromatic heterocycles. The van der Waals surface area contributed by atoms with Crippen molar-refractivity contribution < 1.29 is 43.1 Å². The molecule has 0 saturated carbocycles. The van der Waals surface area contributed by atoms with Gasteiger partial charge in [-0.05, 0) is 6.07 Å². The van der Waals surface area contributed by atoms with Gasteiger partial charge in [0.25, 0.3) is 6.29 Å².